The first kappa shape index (κ1) is 21.9. The van der Waals surface area contributed by atoms with Crippen LogP contribution in [0.4, 0.5) is 11.4 Å². The summed E-state index contributed by atoms with van der Waals surface area (Å²) >= 11 is 0. The molecule has 0 aliphatic rings. The molecule has 172 valence electrons. The molecule has 0 atom stereocenters. The quantitative estimate of drug-likeness (QED) is 0.247. The van der Waals surface area contributed by atoms with E-state index in [1.54, 1.807) is 0 Å². The van der Waals surface area contributed by atoms with Gasteiger partial charge in [-0.15, -0.1) is 0 Å². The fraction of sp³-hybridized carbons (Fsp3) is 0.0286. The molecular weight excluding hydrogens is 434 g/mol. The minimum absolute atomic E-state index is 1.15. The minimum Gasteiger partial charge on any atom is -0.344 e. The first-order chi connectivity index (χ1) is 17.8. The van der Waals surface area contributed by atoms with Crippen LogP contribution in [0.15, 0.2) is 146 Å². The second-order valence-electron chi connectivity index (χ2n) is 9.06. The second kappa shape index (κ2) is 9.56. The summed E-state index contributed by atoms with van der Waals surface area (Å²) in [5.41, 5.74) is 9.72. The Morgan fingerprint density at radius 1 is 0.417 bits per heavy atom. The Hall–Kier alpha value is -4.62. The van der Waals surface area contributed by atoms with E-state index in [0.717, 1.165) is 5.69 Å². The summed E-state index contributed by atoms with van der Waals surface area (Å²) in [5, 5.41) is 2.52. The maximum atomic E-state index is 2.34. The molecule has 0 fully saturated rings. The Bertz CT molecular complexity index is 1630. The lowest BCUT2D eigenvalue weighted by Gasteiger charge is -2.25. The minimum atomic E-state index is 1.15. The van der Waals surface area contributed by atoms with Crippen LogP contribution in [0.1, 0.15) is 0 Å². The molecule has 0 amide bonds. The van der Waals surface area contributed by atoms with Crippen LogP contribution >= 0.6 is 0 Å². The predicted octanol–water partition coefficient (Wildman–Crippen LogP) is 9.61. The zero-order valence-corrected chi connectivity index (χ0v) is 20.3. The van der Waals surface area contributed by atoms with Crippen molar-refractivity contribution in [2.75, 3.05) is 11.9 Å². The van der Waals surface area contributed by atoms with E-state index in [1.807, 2.05) is 0 Å². The molecule has 0 saturated heterocycles. The number of anilines is 2. The van der Waals surface area contributed by atoms with Gasteiger partial charge in [-0.2, -0.15) is 0 Å². The fourth-order valence-corrected chi connectivity index (χ4v) is 5.06. The van der Waals surface area contributed by atoms with Crippen molar-refractivity contribution in [3.05, 3.63) is 146 Å². The molecule has 0 saturated carbocycles. The van der Waals surface area contributed by atoms with Gasteiger partial charge in [-0.3, -0.25) is 0 Å². The normalized spacial score (nSPS) is 10.9. The molecule has 6 aromatic rings. The Morgan fingerprint density at radius 3 is 1.78 bits per heavy atom. The standard InChI is InChI=1S/C35H27N/c1-36(35-22-11-10-20-32(35)28-15-6-3-7-16-28)29-23-24-31(26-13-4-2-5-14-26)34(25-29)33-21-12-18-27-17-8-9-19-30(27)33/h2-25H,1H3. The number of para-hydroxylation sites is 1. The highest BCUT2D eigenvalue weighted by atomic mass is 15.1. The maximum Gasteiger partial charge on any atom is 0.0487 e. The molecule has 0 spiro atoms. The first-order valence-corrected chi connectivity index (χ1v) is 12.4. The van der Waals surface area contributed by atoms with Gasteiger partial charge in [0.1, 0.15) is 0 Å². The van der Waals surface area contributed by atoms with Gasteiger partial charge >= 0.3 is 0 Å². The van der Waals surface area contributed by atoms with Crippen LogP contribution < -0.4 is 4.90 Å². The molecule has 6 aromatic carbocycles. The van der Waals surface area contributed by atoms with E-state index in [4.69, 9.17) is 0 Å². The lowest BCUT2D eigenvalue weighted by atomic mass is 9.90. The molecule has 0 bridgehead atoms. The van der Waals surface area contributed by atoms with E-state index in [0.29, 0.717) is 0 Å². The van der Waals surface area contributed by atoms with Gasteiger partial charge in [0.2, 0.25) is 0 Å². The molecular formula is C35H27N. The van der Waals surface area contributed by atoms with Crippen LogP contribution in [0.3, 0.4) is 0 Å². The van der Waals surface area contributed by atoms with Crippen molar-refractivity contribution in [3.8, 4) is 33.4 Å². The summed E-state index contributed by atoms with van der Waals surface area (Å²) in [4.78, 5) is 2.30. The van der Waals surface area contributed by atoms with Crippen molar-refractivity contribution in [1.82, 2.24) is 0 Å². The van der Waals surface area contributed by atoms with Crippen LogP contribution in [0, 0.1) is 0 Å². The van der Waals surface area contributed by atoms with E-state index in [9.17, 15) is 0 Å². The zero-order valence-electron chi connectivity index (χ0n) is 20.3. The third-order valence-corrected chi connectivity index (χ3v) is 6.91. The molecule has 0 unspecified atom stereocenters. The molecule has 1 heteroatoms. The monoisotopic (exact) mass is 461 g/mol. The summed E-state index contributed by atoms with van der Waals surface area (Å²) in [6.07, 6.45) is 0. The van der Waals surface area contributed by atoms with E-state index in [1.165, 1.54) is 49.8 Å². The molecule has 0 radical (unpaired) electrons. The van der Waals surface area contributed by atoms with Gasteiger partial charge in [-0.1, -0.05) is 127 Å². The van der Waals surface area contributed by atoms with Gasteiger partial charge in [-0.25, -0.2) is 0 Å². The van der Waals surface area contributed by atoms with E-state index in [2.05, 4.69) is 158 Å². The van der Waals surface area contributed by atoms with Gasteiger partial charge in [-0.05, 0) is 56.8 Å². The molecule has 6 rings (SSSR count). The largest absolute Gasteiger partial charge is 0.344 e. The van der Waals surface area contributed by atoms with Crippen LogP contribution in [-0.2, 0) is 0 Å². The topological polar surface area (TPSA) is 3.24 Å². The second-order valence-corrected chi connectivity index (χ2v) is 9.06. The van der Waals surface area contributed by atoms with Crippen molar-refractivity contribution in [3.63, 3.8) is 0 Å². The molecule has 1 nitrogen and oxygen atoms in total. The van der Waals surface area contributed by atoms with Crippen molar-refractivity contribution in [2.45, 2.75) is 0 Å². The highest BCUT2D eigenvalue weighted by Crippen LogP contribution is 2.41. The first-order valence-electron chi connectivity index (χ1n) is 12.4. The highest BCUT2D eigenvalue weighted by Gasteiger charge is 2.15. The maximum absolute atomic E-state index is 2.34. The summed E-state index contributed by atoms with van der Waals surface area (Å²) in [6.45, 7) is 0. The number of hydrogen-bond acceptors (Lipinski definition) is 1. The summed E-state index contributed by atoms with van der Waals surface area (Å²) in [6, 6.07) is 52.0. The summed E-state index contributed by atoms with van der Waals surface area (Å²) in [5.74, 6) is 0. The Labute approximate surface area is 212 Å². The lowest BCUT2D eigenvalue weighted by molar-refractivity contribution is 1.21. The summed E-state index contributed by atoms with van der Waals surface area (Å²) < 4.78 is 0. The van der Waals surface area contributed by atoms with Crippen LogP contribution in [-0.4, -0.2) is 7.05 Å². The number of benzene rings is 6. The van der Waals surface area contributed by atoms with Gasteiger partial charge in [0.25, 0.3) is 0 Å². The van der Waals surface area contributed by atoms with Crippen molar-refractivity contribution in [1.29, 1.82) is 0 Å². The van der Waals surface area contributed by atoms with Crippen LogP contribution in [0.2, 0.25) is 0 Å². The van der Waals surface area contributed by atoms with Gasteiger partial charge in [0, 0.05) is 24.0 Å². The summed E-state index contributed by atoms with van der Waals surface area (Å²) in [7, 11) is 2.16. The number of nitrogens with zero attached hydrogens (tertiary/aromatic N) is 1. The molecule has 0 aromatic heterocycles. The number of hydrogen-bond donors (Lipinski definition) is 0. The van der Waals surface area contributed by atoms with E-state index >= 15 is 0 Å². The van der Waals surface area contributed by atoms with Crippen LogP contribution in [0.5, 0.6) is 0 Å². The predicted molar refractivity (Wildman–Crippen MR) is 155 cm³/mol. The molecule has 0 aliphatic heterocycles. The SMILES string of the molecule is CN(c1ccc(-c2ccccc2)c(-c2cccc3ccccc23)c1)c1ccccc1-c1ccccc1. The average molecular weight is 462 g/mol. The molecule has 36 heavy (non-hydrogen) atoms. The Kier molecular flexibility index (Phi) is 5.81. The van der Waals surface area contributed by atoms with Gasteiger partial charge < -0.3 is 4.90 Å². The average Bonchev–Trinajstić information content (AvgIpc) is 2.97. The molecule has 0 aliphatic carbocycles. The smallest absolute Gasteiger partial charge is 0.0487 e. The third kappa shape index (κ3) is 4.06. The highest BCUT2D eigenvalue weighted by molar-refractivity contribution is 6.01. The Morgan fingerprint density at radius 2 is 1.00 bits per heavy atom. The van der Waals surface area contributed by atoms with Crippen molar-refractivity contribution >= 4 is 22.1 Å². The zero-order chi connectivity index (χ0) is 24.3. The van der Waals surface area contributed by atoms with Crippen LogP contribution in [0.25, 0.3) is 44.2 Å². The lowest BCUT2D eigenvalue weighted by Crippen LogP contribution is -2.11. The fourth-order valence-electron chi connectivity index (χ4n) is 5.06. The molecule has 0 N–H and O–H groups in total. The number of fused-ring (bicyclic) bond motifs is 1. The van der Waals surface area contributed by atoms with E-state index in [-0.39, 0.29) is 0 Å². The van der Waals surface area contributed by atoms with Gasteiger partial charge in [0.05, 0.1) is 0 Å². The van der Waals surface area contributed by atoms with Crippen molar-refractivity contribution in [2.24, 2.45) is 0 Å². The van der Waals surface area contributed by atoms with E-state index < -0.39 is 0 Å². The van der Waals surface area contributed by atoms with Crippen molar-refractivity contribution < 1.29 is 0 Å². The molecule has 0 heterocycles. The Balaban J connectivity index is 1.54. The number of rotatable bonds is 5. The third-order valence-electron chi connectivity index (χ3n) is 6.91. The van der Waals surface area contributed by atoms with Gasteiger partial charge in [0.15, 0.2) is 0 Å².